The van der Waals surface area contributed by atoms with Crippen molar-refractivity contribution in [3.05, 3.63) is 53.2 Å². The summed E-state index contributed by atoms with van der Waals surface area (Å²) in [6.07, 6.45) is -5.96. The normalized spacial score (nSPS) is 16.1. The van der Waals surface area contributed by atoms with E-state index in [1.807, 2.05) is 20.8 Å². The molecule has 1 saturated carbocycles. The average molecular weight is 548 g/mol. The number of aryl methyl sites for hydroxylation is 1. The first-order chi connectivity index (χ1) is 17.0. The number of nitrogens with one attached hydrogen (secondary N) is 1. The standard InChI is InChI=1S/C25H27F6N3O2S/c1-13-5-8-15(22(32-13)25(29,30)31)16-10-20-17(9-19(16)26)18(11-34(20)12-24(2,3)4)21(23(27)28)33-37(35,36)14-6-7-14/h5,8-11,14,21,23,33H,6-7,12H2,1-4H3. The zero-order valence-corrected chi connectivity index (χ0v) is 21.4. The van der Waals surface area contributed by atoms with E-state index in [1.165, 1.54) is 25.3 Å². The summed E-state index contributed by atoms with van der Waals surface area (Å²) >= 11 is 0. The van der Waals surface area contributed by atoms with Crippen molar-refractivity contribution in [1.29, 1.82) is 0 Å². The highest BCUT2D eigenvalue weighted by atomic mass is 32.2. The minimum absolute atomic E-state index is 0.0112. The van der Waals surface area contributed by atoms with Gasteiger partial charge in [0.1, 0.15) is 11.9 Å². The van der Waals surface area contributed by atoms with Crippen molar-refractivity contribution in [3.63, 3.8) is 0 Å². The Morgan fingerprint density at radius 2 is 1.76 bits per heavy atom. The average Bonchev–Trinajstić information content (AvgIpc) is 3.56. The monoisotopic (exact) mass is 547 g/mol. The van der Waals surface area contributed by atoms with Crippen molar-refractivity contribution < 1.29 is 34.8 Å². The topological polar surface area (TPSA) is 64.0 Å². The maximum Gasteiger partial charge on any atom is 0.433 e. The number of sulfonamides is 1. The Bertz CT molecular complexity index is 1440. The summed E-state index contributed by atoms with van der Waals surface area (Å²) in [5, 5.41) is -0.766. The second-order valence-corrected chi connectivity index (χ2v) is 12.6. The summed E-state index contributed by atoms with van der Waals surface area (Å²) in [4.78, 5) is 3.57. The van der Waals surface area contributed by atoms with E-state index in [9.17, 15) is 30.4 Å². The molecule has 37 heavy (non-hydrogen) atoms. The first-order valence-electron chi connectivity index (χ1n) is 11.6. The fraction of sp³-hybridized carbons (Fsp3) is 0.480. The number of fused-ring (bicyclic) bond motifs is 1. The highest BCUT2D eigenvalue weighted by Crippen LogP contribution is 2.41. The predicted molar refractivity (Wildman–Crippen MR) is 128 cm³/mol. The predicted octanol–water partition coefficient (Wildman–Crippen LogP) is 6.60. The molecule has 202 valence electrons. The molecule has 5 nitrogen and oxygen atoms in total. The van der Waals surface area contributed by atoms with E-state index in [0.717, 1.165) is 12.1 Å². The molecule has 4 rings (SSSR count). The summed E-state index contributed by atoms with van der Waals surface area (Å²) < 4.78 is 114. The van der Waals surface area contributed by atoms with Gasteiger partial charge in [0.25, 0.3) is 6.43 Å². The number of pyridine rings is 1. The van der Waals surface area contributed by atoms with Crippen molar-refractivity contribution >= 4 is 20.9 Å². The van der Waals surface area contributed by atoms with Crippen LogP contribution in [0.1, 0.15) is 56.6 Å². The van der Waals surface area contributed by atoms with Crippen LogP contribution in [0.3, 0.4) is 0 Å². The summed E-state index contributed by atoms with van der Waals surface area (Å²) in [6, 6.07) is 2.57. The quantitative estimate of drug-likeness (QED) is 0.339. The summed E-state index contributed by atoms with van der Waals surface area (Å²) in [5.74, 6) is -1.07. The number of halogens is 6. The fourth-order valence-corrected chi connectivity index (χ4v) is 5.86. The Labute approximate surface area is 210 Å². The van der Waals surface area contributed by atoms with Crippen LogP contribution in [0.15, 0.2) is 30.5 Å². The number of rotatable bonds is 7. The van der Waals surface area contributed by atoms with Gasteiger partial charge >= 0.3 is 6.18 Å². The lowest BCUT2D eigenvalue weighted by Gasteiger charge is -2.20. The number of benzene rings is 1. The Kier molecular flexibility index (Phi) is 6.90. The minimum atomic E-state index is -4.86. The van der Waals surface area contributed by atoms with E-state index < -0.39 is 56.4 Å². The van der Waals surface area contributed by atoms with Crippen molar-refractivity contribution in [2.45, 2.75) is 71.0 Å². The third kappa shape index (κ3) is 5.79. The van der Waals surface area contributed by atoms with E-state index in [2.05, 4.69) is 9.71 Å². The Morgan fingerprint density at radius 1 is 1.11 bits per heavy atom. The molecule has 1 aliphatic rings. The lowest BCUT2D eigenvalue weighted by atomic mass is 9.96. The van der Waals surface area contributed by atoms with Crippen LogP contribution in [0.2, 0.25) is 0 Å². The number of nitrogens with zero attached hydrogens (tertiary/aromatic N) is 2. The van der Waals surface area contributed by atoms with Crippen LogP contribution in [0, 0.1) is 18.2 Å². The molecule has 1 unspecified atom stereocenters. The maximum absolute atomic E-state index is 15.4. The van der Waals surface area contributed by atoms with Gasteiger partial charge in [-0.05, 0) is 43.4 Å². The van der Waals surface area contributed by atoms with Crippen LogP contribution in [-0.2, 0) is 22.7 Å². The molecule has 1 aliphatic carbocycles. The Balaban J connectivity index is 1.95. The van der Waals surface area contributed by atoms with Gasteiger partial charge in [-0.2, -0.15) is 13.2 Å². The van der Waals surface area contributed by atoms with Crippen molar-refractivity contribution in [3.8, 4) is 11.1 Å². The molecule has 0 spiro atoms. The van der Waals surface area contributed by atoms with Gasteiger partial charge in [-0.1, -0.05) is 26.8 Å². The van der Waals surface area contributed by atoms with Gasteiger partial charge in [0.05, 0.1) is 5.25 Å². The fourth-order valence-electron chi connectivity index (χ4n) is 4.33. The van der Waals surface area contributed by atoms with Crippen molar-refractivity contribution in [2.75, 3.05) is 0 Å². The van der Waals surface area contributed by atoms with E-state index in [0.29, 0.717) is 12.8 Å². The molecular weight excluding hydrogens is 520 g/mol. The van der Waals surface area contributed by atoms with Crippen LogP contribution < -0.4 is 4.72 Å². The van der Waals surface area contributed by atoms with E-state index in [-0.39, 0.29) is 34.3 Å². The molecule has 0 radical (unpaired) electrons. The van der Waals surface area contributed by atoms with Crippen LogP contribution in [0.5, 0.6) is 0 Å². The molecule has 1 N–H and O–H groups in total. The summed E-state index contributed by atoms with van der Waals surface area (Å²) in [6.45, 7) is 7.24. The second-order valence-electron chi connectivity index (χ2n) is 10.6. The molecule has 0 amide bonds. The first kappa shape index (κ1) is 27.4. The van der Waals surface area contributed by atoms with Gasteiger partial charge in [0.15, 0.2) is 5.69 Å². The largest absolute Gasteiger partial charge is 0.433 e. The smallest absolute Gasteiger partial charge is 0.347 e. The maximum atomic E-state index is 15.4. The molecule has 1 aromatic carbocycles. The molecule has 0 aliphatic heterocycles. The zero-order chi connectivity index (χ0) is 27.5. The number of alkyl halides is 5. The molecule has 0 bridgehead atoms. The molecule has 12 heteroatoms. The number of aromatic nitrogens is 2. The van der Waals surface area contributed by atoms with Gasteiger partial charge in [0.2, 0.25) is 10.0 Å². The molecule has 3 aromatic rings. The summed E-state index contributed by atoms with van der Waals surface area (Å²) in [5.41, 5.74) is -2.38. The lowest BCUT2D eigenvalue weighted by molar-refractivity contribution is -0.140. The molecular formula is C25H27F6N3O2S. The van der Waals surface area contributed by atoms with Gasteiger partial charge in [-0.15, -0.1) is 0 Å². The second kappa shape index (κ2) is 9.30. The first-order valence-corrected chi connectivity index (χ1v) is 13.2. The number of hydrogen-bond donors (Lipinski definition) is 1. The van der Waals surface area contributed by atoms with E-state index in [1.54, 1.807) is 4.57 Å². The van der Waals surface area contributed by atoms with Gasteiger partial charge < -0.3 is 4.57 Å². The Hall–Kier alpha value is -2.60. The van der Waals surface area contributed by atoms with Crippen LogP contribution in [0.25, 0.3) is 22.0 Å². The van der Waals surface area contributed by atoms with Crippen molar-refractivity contribution in [2.24, 2.45) is 5.41 Å². The summed E-state index contributed by atoms with van der Waals surface area (Å²) in [7, 11) is -4.03. The van der Waals surface area contributed by atoms with Crippen molar-refractivity contribution in [1.82, 2.24) is 14.3 Å². The molecule has 1 atom stereocenters. The highest BCUT2D eigenvalue weighted by molar-refractivity contribution is 7.90. The van der Waals surface area contributed by atoms with Crippen LogP contribution in [-0.4, -0.2) is 29.6 Å². The van der Waals surface area contributed by atoms with Gasteiger partial charge in [-0.3, -0.25) is 0 Å². The third-order valence-corrected chi connectivity index (χ3v) is 8.01. The third-order valence-electron chi connectivity index (χ3n) is 6.08. The highest BCUT2D eigenvalue weighted by Gasteiger charge is 2.40. The van der Waals surface area contributed by atoms with E-state index in [4.69, 9.17) is 0 Å². The molecule has 2 aromatic heterocycles. The minimum Gasteiger partial charge on any atom is -0.347 e. The van der Waals surface area contributed by atoms with Gasteiger partial charge in [-0.25, -0.2) is 31.3 Å². The SMILES string of the molecule is Cc1ccc(-c2cc3c(cc2F)c(C(NS(=O)(=O)C2CC2)C(F)F)cn3CC(C)(C)C)c(C(F)(F)F)n1. The molecule has 2 heterocycles. The Morgan fingerprint density at radius 3 is 2.30 bits per heavy atom. The van der Waals surface area contributed by atoms with E-state index >= 15 is 4.39 Å². The number of hydrogen-bond acceptors (Lipinski definition) is 3. The zero-order valence-electron chi connectivity index (χ0n) is 20.6. The van der Waals surface area contributed by atoms with Crippen LogP contribution >= 0.6 is 0 Å². The molecule has 0 saturated heterocycles. The van der Waals surface area contributed by atoms with Gasteiger partial charge in [0, 0.05) is 46.0 Å². The lowest BCUT2D eigenvalue weighted by Crippen LogP contribution is -2.35. The molecule has 1 fully saturated rings. The van der Waals surface area contributed by atoms with Crippen LogP contribution in [0.4, 0.5) is 26.3 Å².